The summed E-state index contributed by atoms with van der Waals surface area (Å²) >= 11 is 12.3. The second-order valence-corrected chi connectivity index (χ2v) is 8.00. The summed E-state index contributed by atoms with van der Waals surface area (Å²) in [7, 11) is 0. The van der Waals surface area contributed by atoms with E-state index in [2.05, 4.69) is 24.4 Å². The van der Waals surface area contributed by atoms with E-state index in [4.69, 9.17) is 28.9 Å². The Morgan fingerprint density at radius 1 is 1.29 bits per heavy atom. The van der Waals surface area contributed by atoms with E-state index >= 15 is 0 Å². The maximum atomic E-state index is 10.7. The molecule has 134 valence electrons. The Bertz CT molecular complexity index is 558. The molecule has 0 spiro atoms. The van der Waals surface area contributed by atoms with Crippen molar-refractivity contribution in [3.8, 4) is 0 Å². The van der Waals surface area contributed by atoms with E-state index in [0.29, 0.717) is 22.4 Å². The first-order valence-corrected chi connectivity index (χ1v) is 9.63. The number of halogens is 2. The fourth-order valence-electron chi connectivity index (χ4n) is 3.67. The molecule has 3 N–H and O–H groups in total. The number of hydrogen-bond donors (Lipinski definition) is 2. The van der Waals surface area contributed by atoms with Gasteiger partial charge in [-0.25, -0.2) is 0 Å². The molecule has 1 saturated carbocycles. The highest BCUT2D eigenvalue weighted by Crippen LogP contribution is 2.49. The average Bonchev–Trinajstić information content (AvgIpc) is 2.49. The maximum absolute atomic E-state index is 10.7. The Morgan fingerprint density at radius 2 is 2.04 bits per heavy atom. The second kappa shape index (κ2) is 9.07. The quantitative estimate of drug-likeness (QED) is 0.587. The minimum Gasteiger partial charge on any atom is -0.370 e. The van der Waals surface area contributed by atoms with Gasteiger partial charge in [-0.3, -0.25) is 4.79 Å². The summed E-state index contributed by atoms with van der Waals surface area (Å²) < 4.78 is 0. The zero-order valence-electron chi connectivity index (χ0n) is 14.4. The van der Waals surface area contributed by atoms with Gasteiger partial charge < -0.3 is 11.1 Å². The number of benzene rings is 1. The molecule has 1 aromatic carbocycles. The van der Waals surface area contributed by atoms with E-state index in [1.54, 1.807) is 0 Å². The van der Waals surface area contributed by atoms with Crippen LogP contribution < -0.4 is 11.1 Å². The van der Waals surface area contributed by atoms with Crippen LogP contribution >= 0.6 is 23.2 Å². The van der Waals surface area contributed by atoms with Gasteiger partial charge in [-0.15, -0.1) is 0 Å². The lowest BCUT2D eigenvalue weighted by atomic mass is 9.60. The molecule has 1 aromatic rings. The van der Waals surface area contributed by atoms with Crippen molar-refractivity contribution in [3.05, 3.63) is 33.8 Å². The normalized spacial score (nSPS) is 17.3. The van der Waals surface area contributed by atoms with Crippen LogP contribution in [-0.4, -0.2) is 19.0 Å². The molecule has 3 nitrogen and oxygen atoms in total. The Balaban J connectivity index is 1.79. The van der Waals surface area contributed by atoms with Gasteiger partial charge in [0.1, 0.15) is 0 Å². The third kappa shape index (κ3) is 5.37. The SMILES string of the molecule is C[C@H](CCNCCCC(N)=O)CC1(c2ccc(Cl)c(Cl)c2)CCC1. The van der Waals surface area contributed by atoms with Crippen molar-refractivity contribution >= 4 is 29.1 Å². The standard InChI is InChI=1S/C19H28Cl2N2O/c1-14(7-11-23-10-2-4-18(22)24)13-19(8-3-9-19)15-5-6-16(20)17(21)12-15/h5-6,12,14,23H,2-4,7-11,13H2,1H3,(H2,22,24)/t14-/m1/s1. The molecule has 0 saturated heterocycles. The van der Waals surface area contributed by atoms with Crippen LogP contribution in [0.2, 0.25) is 10.0 Å². The number of nitrogens with one attached hydrogen (secondary N) is 1. The monoisotopic (exact) mass is 370 g/mol. The van der Waals surface area contributed by atoms with Gasteiger partial charge in [-0.05, 0) is 74.2 Å². The summed E-state index contributed by atoms with van der Waals surface area (Å²) in [6.07, 6.45) is 7.37. The smallest absolute Gasteiger partial charge is 0.217 e. The number of nitrogens with two attached hydrogens (primary N) is 1. The van der Waals surface area contributed by atoms with Gasteiger partial charge in [0.25, 0.3) is 0 Å². The number of primary amides is 1. The predicted molar refractivity (Wildman–Crippen MR) is 102 cm³/mol. The molecule has 0 aromatic heterocycles. The van der Waals surface area contributed by atoms with Crippen molar-refractivity contribution in [1.29, 1.82) is 0 Å². The summed E-state index contributed by atoms with van der Waals surface area (Å²) in [4.78, 5) is 10.7. The summed E-state index contributed by atoms with van der Waals surface area (Å²) in [5.41, 5.74) is 6.75. The molecule has 1 aliphatic rings. The molecule has 0 bridgehead atoms. The number of carbonyl (C=O) groups excluding carboxylic acids is 1. The van der Waals surface area contributed by atoms with Crippen LogP contribution in [-0.2, 0) is 10.2 Å². The van der Waals surface area contributed by atoms with E-state index in [0.717, 1.165) is 25.9 Å². The Labute approximate surface area is 155 Å². The Hall–Kier alpha value is -0.770. The molecule has 0 unspecified atom stereocenters. The fourth-order valence-corrected chi connectivity index (χ4v) is 3.97. The van der Waals surface area contributed by atoms with E-state index < -0.39 is 0 Å². The molecule has 0 heterocycles. The molecular weight excluding hydrogens is 343 g/mol. The number of hydrogen-bond acceptors (Lipinski definition) is 2. The molecule has 1 amide bonds. The molecule has 1 fully saturated rings. The van der Waals surface area contributed by atoms with E-state index in [-0.39, 0.29) is 11.3 Å². The van der Waals surface area contributed by atoms with E-state index in [9.17, 15) is 4.79 Å². The summed E-state index contributed by atoms with van der Waals surface area (Å²) in [6, 6.07) is 6.12. The van der Waals surface area contributed by atoms with Crippen molar-refractivity contribution in [2.45, 2.75) is 57.3 Å². The predicted octanol–water partition coefficient (Wildman–Crippen LogP) is 4.69. The number of amides is 1. The van der Waals surface area contributed by atoms with Gasteiger partial charge >= 0.3 is 0 Å². The van der Waals surface area contributed by atoms with E-state index in [1.807, 2.05) is 6.07 Å². The third-order valence-electron chi connectivity index (χ3n) is 5.17. The van der Waals surface area contributed by atoms with Gasteiger partial charge in [0.05, 0.1) is 10.0 Å². The van der Waals surface area contributed by atoms with Crippen molar-refractivity contribution in [1.82, 2.24) is 5.32 Å². The summed E-state index contributed by atoms with van der Waals surface area (Å²) in [6.45, 7) is 4.16. The molecule has 5 heteroatoms. The van der Waals surface area contributed by atoms with Crippen molar-refractivity contribution in [3.63, 3.8) is 0 Å². The molecule has 1 atom stereocenters. The largest absolute Gasteiger partial charge is 0.370 e. The Morgan fingerprint density at radius 3 is 2.62 bits per heavy atom. The van der Waals surface area contributed by atoms with Gasteiger partial charge in [0, 0.05) is 6.42 Å². The van der Waals surface area contributed by atoms with Gasteiger partial charge in [0.15, 0.2) is 0 Å². The number of carbonyl (C=O) groups is 1. The van der Waals surface area contributed by atoms with Crippen molar-refractivity contribution in [2.24, 2.45) is 11.7 Å². The van der Waals surface area contributed by atoms with Crippen molar-refractivity contribution < 1.29 is 4.79 Å². The lowest BCUT2D eigenvalue weighted by Gasteiger charge is -2.44. The first-order valence-electron chi connectivity index (χ1n) is 8.87. The van der Waals surface area contributed by atoms with Crippen LogP contribution in [0, 0.1) is 5.92 Å². The molecule has 24 heavy (non-hydrogen) atoms. The fraction of sp³-hybridized carbons (Fsp3) is 0.632. The van der Waals surface area contributed by atoms with Crippen LogP contribution in [0.1, 0.15) is 57.4 Å². The molecule has 0 aliphatic heterocycles. The van der Waals surface area contributed by atoms with Crippen LogP contribution in [0.4, 0.5) is 0 Å². The first kappa shape index (κ1) is 19.6. The van der Waals surface area contributed by atoms with E-state index in [1.165, 1.54) is 31.2 Å². The highest BCUT2D eigenvalue weighted by atomic mass is 35.5. The van der Waals surface area contributed by atoms with Gasteiger partial charge in [0.2, 0.25) is 5.91 Å². The molecular formula is C19H28Cl2N2O. The van der Waals surface area contributed by atoms with Crippen LogP contribution in [0.5, 0.6) is 0 Å². The molecule has 0 radical (unpaired) electrons. The summed E-state index contributed by atoms with van der Waals surface area (Å²) in [5.74, 6) is 0.419. The topological polar surface area (TPSA) is 55.1 Å². The minimum absolute atomic E-state index is 0.223. The van der Waals surface area contributed by atoms with Gasteiger partial charge in [-0.1, -0.05) is 42.6 Å². The van der Waals surface area contributed by atoms with Crippen LogP contribution in [0.15, 0.2) is 18.2 Å². The lowest BCUT2D eigenvalue weighted by Crippen LogP contribution is -2.36. The zero-order valence-corrected chi connectivity index (χ0v) is 15.9. The lowest BCUT2D eigenvalue weighted by molar-refractivity contribution is -0.118. The molecule has 2 rings (SSSR count). The highest BCUT2D eigenvalue weighted by molar-refractivity contribution is 6.42. The Kier molecular flexibility index (Phi) is 7.39. The number of rotatable bonds is 10. The molecule has 1 aliphatic carbocycles. The highest BCUT2D eigenvalue weighted by Gasteiger charge is 2.39. The summed E-state index contributed by atoms with van der Waals surface area (Å²) in [5, 5.41) is 4.69. The minimum atomic E-state index is -0.223. The second-order valence-electron chi connectivity index (χ2n) is 7.18. The average molecular weight is 371 g/mol. The first-order chi connectivity index (χ1) is 11.4. The van der Waals surface area contributed by atoms with Crippen LogP contribution in [0.25, 0.3) is 0 Å². The zero-order chi connectivity index (χ0) is 17.6. The van der Waals surface area contributed by atoms with Crippen LogP contribution in [0.3, 0.4) is 0 Å². The van der Waals surface area contributed by atoms with Crippen molar-refractivity contribution in [2.75, 3.05) is 13.1 Å². The third-order valence-corrected chi connectivity index (χ3v) is 5.91. The maximum Gasteiger partial charge on any atom is 0.217 e. The van der Waals surface area contributed by atoms with Gasteiger partial charge in [-0.2, -0.15) is 0 Å².